The molecular weight excluding hydrogens is 432 g/mol. The number of fused-ring (bicyclic) bond motifs is 3. The summed E-state index contributed by atoms with van der Waals surface area (Å²) < 4.78 is 9.34. The lowest BCUT2D eigenvalue weighted by Crippen LogP contribution is -2.37. The van der Waals surface area contributed by atoms with Crippen LogP contribution < -0.4 is 9.80 Å². The van der Waals surface area contributed by atoms with Gasteiger partial charge in [0.15, 0.2) is 0 Å². The maximum atomic E-state index is 12.1. The summed E-state index contributed by atoms with van der Waals surface area (Å²) in [6.07, 6.45) is 1.85. The molecule has 0 radical (unpaired) electrons. The first-order valence-corrected chi connectivity index (χ1v) is 10.1. The minimum Gasteiger partial charge on any atom is -0.468 e. The quantitative estimate of drug-likeness (QED) is 0.317. The van der Waals surface area contributed by atoms with Crippen molar-refractivity contribution in [3.63, 3.8) is 0 Å². The molecule has 172 valence electrons. The first-order chi connectivity index (χ1) is 15.9. The number of ether oxygens (including phenoxy) is 2. The first kappa shape index (κ1) is 22.0. The summed E-state index contributed by atoms with van der Waals surface area (Å²) in [6, 6.07) is 7.95. The number of anilines is 2. The van der Waals surface area contributed by atoms with Crippen LogP contribution >= 0.6 is 0 Å². The van der Waals surface area contributed by atoms with Crippen LogP contribution in [0.25, 0.3) is 10.9 Å². The molecule has 33 heavy (non-hydrogen) atoms. The Morgan fingerprint density at radius 2 is 1.88 bits per heavy atom. The highest BCUT2D eigenvalue weighted by atomic mass is 16.6. The predicted octanol–water partition coefficient (Wildman–Crippen LogP) is 1.58. The van der Waals surface area contributed by atoms with Crippen molar-refractivity contribution in [3.05, 3.63) is 52.0 Å². The molecule has 1 N–H and O–H groups in total. The van der Waals surface area contributed by atoms with E-state index in [0.717, 1.165) is 21.5 Å². The number of esters is 2. The van der Waals surface area contributed by atoms with Crippen molar-refractivity contribution in [2.24, 2.45) is 0 Å². The average molecular weight is 454 g/mol. The van der Waals surface area contributed by atoms with Crippen molar-refractivity contribution in [2.75, 3.05) is 43.7 Å². The summed E-state index contributed by atoms with van der Waals surface area (Å²) in [7, 11) is 2.37. The van der Waals surface area contributed by atoms with Crippen molar-refractivity contribution in [2.45, 2.75) is 13.0 Å². The van der Waals surface area contributed by atoms with Gasteiger partial charge in [-0.2, -0.15) is 0 Å². The Morgan fingerprint density at radius 3 is 2.55 bits per heavy atom. The number of hydrogen-bond acceptors (Lipinski definition) is 10. The molecule has 12 nitrogen and oxygen atoms in total. The summed E-state index contributed by atoms with van der Waals surface area (Å²) in [6.45, 7) is 0.0412. The van der Waals surface area contributed by atoms with Gasteiger partial charge in [-0.25, -0.2) is 9.97 Å². The van der Waals surface area contributed by atoms with Crippen LogP contribution in [-0.2, 0) is 32.0 Å². The van der Waals surface area contributed by atoms with E-state index in [4.69, 9.17) is 0 Å². The highest BCUT2D eigenvalue weighted by Gasteiger charge is 2.33. The highest BCUT2D eigenvalue weighted by molar-refractivity contribution is 5.86. The van der Waals surface area contributed by atoms with Gasteiger partial charge < -0.3 is 24.3 Å². The molecule has 12 heteroatoms. The van der Waals surface area contributed by atoms with Crippen molar-refractivity contribution < 1.29 is 24.0 Å². The van der Waals surface area contributed by atoms with Crippen LogP contribution in [0.5, 0.6) is 0 Å². The molecule has 3 aromatic rings. The molecular formula is C21H22N6O6. The maximum absolute atomic E-state index is 12.1. The lowest BCUT2D eigenvalue weighted by atomic mass is 10.0. The molecule has 0 saturated carbocycles. The molecule has 1 aliphatic heterocycles. The SMILES string of the molecule is COC(=O)CN(CC(=O)OC)c1ncnc(N2CCc3c([nH]c4ccccc34)C2)c1[N+](=O)[O-]. The third-order valence-corrected chi connectivity index (χ3v) is 5.54. The molecule has 4 rings (SSSR count). The molecule has 0 bridgehead atoms. The van der Waals surface area contributed by atoms with Gasteiger partial charge in [-0.05, 0) is 18.1 Å². The minimum atomic E-state index is -0.686. The van der Waals surface area contributed by atoms with Gasteiger partial charge in [0.1, 0.15) is 19.4 Å². The number of benzene rings is 1. The number of nitrogens with zero attached hydrogens (tertiary/aromatic N) is 5. The van der Waals surface area contributed by atoms with Gasteiger partial charge in [0.25, 0.3) is 0 Å². The zero-order chi connectivity index (χ0) is 23.5. The first-order valence-electron chi connectivity index (χ1n) is 10.1. The van der Waals surface area contributed by atoms with E-state index in [1.165, 1.54) is 26.1 Å². The topological polar surface area (TPSA) is 144 Å². The number of carbonyl (C=O) groups excluding carboxylic acids is 2. The summed E-state index contributed by atoms with van der Waals surface area (Å²) in [5, 5.41) is 13.3. The molecule has 2 aromatic heterocycles. The maximum Gasteiger partial charge on any atom is 0.353 e. The molecule has 0 amide bonds. The average Bonchev–Trinajstić information content (AvgIpc) is 3.20. The molecule has 1 aromatic carbocycles. The van der Waals surface area contributed by atoms with E-state index in [1.807, 2.05) is 24.3 Å². The molecule has 0 atom stereocenters. The number of hydrogen-bond donors (Lipinski definition) is 1. The van der Waals surface area contributed by atoms with Crippen molar-refractivity contribution >= 4 is 40.2 Å². The minimum absolute atomic E-state index is 0.106. The lowest BCUT2D eigenvalue weighted by Gasteiger charge is -2.29. The van der Waals surface area contributed by atoms with Crippen LogP contribution in [0, 0.1) is 10.1 Å². The van der Waals surface area contributed by atoms with Gasteiger partial charge in [0.2, 0.25) is 11.6 Å². The predicted molar refractivity (Wildman–Crippen MR) is 118 cm³/mol. The van der Waals surface area contributed by atoms with Crippen LogP contribution in [-0.4, -0.2) is 65.7 Å². The third-order valence-electron chi connectivity index (χ3n) is 5.54. The van der Waals surface area contributed by atoms with E-state index < -0.39 is 35.6 Å². The normalized spacial score (nSPS) is 12.8. The van der Waals surface area contributed by atoms with Crippen LogP contribution in [0.15, 0.2) is 30.6 Å². The van der Waals surface area contributed by atoms with Crippen LogP contribution in [0.2, 0.25) is 0 Å². The standard InChI is InChI=1S/C21H22N6O6/c1-32-17(28)10-26(11-18(29)33-2)21-19(27(30)31)20(22-12-23-21)25-8-7-14-13-5-3-4-6-15(13)24-16(14)9-25/h3-6,12,24H,7-11H2,1-2H3. The second kappa shape index (κ2) is 9.10. The number of rotatable bonds is 7. The monoisotopic (exact) mass is 454 g/mol. The second-order valence-corrected chi connectivity index (χ2v) is 7.43. The summed E-state index contributed by atoms with van der Waals surface area (Å²) in [5.41, 5.74) is 2.74. The Bertz CT molecular complexity index is 1210. The van der Waals surface area contributed by atoms with E-state index in [0.29, 0.717) is 19.5 Å². The second-order valence-electron chi connectivity index (χ2n) is 7.43. The largest absolute Gasteiger partial charge is 0.468 e. The van der Waals surface area contributed by atoms with E-state index in [1.54, 1.807) is 4.90 Å². The molecule has 0 saturated heterocycles. The van der Waals surface area contributed by atoms with Crippen LogP contribution in [0.3, 0.4) is 0 Å². The number of aromatic nitrogens is 3. The Kier molecular flexibility index (Phi) is 6.07. The van der Waals surface area contributed by atoms with E-state index in [-0.39, 0.29) is 11.6 Å². The number of methoxy groups -OCH3 is 2. The highest BCUT2D eigenvalue weighted by Crippen LogP contribution is 2.37. The Hall–Kier alpha value is -4.22. The molecule has 0 spiro atoms. The number of para-hydroxylation sites is 1. The summed E-state index contributed by atoms with van der Waals surface area (Å²) >= 11 is 0. The molecule has 3 heterocycles. The van der Waals surface area contributed by atoms with Crippen molar-refractivity contribution in [3.8, 4) is 0 Å². The number of nitro groups is 1. The fourth-order valence-corrected chi connectivity index (χ4v) is 4.01. The Balaban J connectivity index is 1.73. The van der Waals surface area contributed by atoms with Gasteiger partial charge in [0, 0.05) is 23.1 Å². The lowest BCUT2D eigenvalue weighted by molar-refractivity contribution is -0.383. The fraction of sp³-hybridized carbons (Fsp3) is 0.333. The number of aromatic amines is 1. The smallest absolute Gasteiger partial charge is 0.353 e. The Labute approximate surface area is 188 Å². The van der Waals surface area contributed by atoms with Gasteiger partial charge in [-0.15, -0.1) is 0 Å². The van der Waals surface area contributed by atoms with Gasteiger partial charge in [-0.1, -0.05) is 18.2 Å². The zero-order valence-electron chi connectivity index (χ0n) is 18.1. The van der Waals surface area contributed by atoms with E-state index >= 15 is 0 Å². The molecule has 1 aliphatic rings. The third kappa shape index (κ3) is 4.27. The molecule has 0 fully saturated rings. The van der Waals surface area contributed by atoms with E-state index in [9.17, 15) is 19.7 Å². The molecule has 0 unspecified atom stereocenters. The Morgan fingerprint density at radius 1 is 1.18 bits per heavy atom. The van der Waals surface area contributed by atoms with Crippen molar-refractivity contribution in [1.29, 1.82) is 0 Å². The number of nitrogens with one attached hydrogen (secondary N) is 1. The van der Waals surface area contributed by atoms with Crippen LogP contribution in [0.4, 0.5) is 17.3 Å². The molecule has 0 aliphatic carbocycles. The summed E-state index contributed by atoms with van der Waals surface area (Å²) in [5.74, 6) is -1.43. The summed E-state index contributed by atoms with van der Waals surface area (Å²) in [4.78, 5) is 49.9. The van der Waals surface area contributed by atoms with Gasteiger partial charge in [-0.3, -0.25) is 19.7 Å². The van der Waals surface area contributed by atoms with Crippen molar-refractivity contribution in [1.82, 2.24) is 15.0 Å². The fourth-order valence-electron chi connectivity index (χ4n) is 4.01. The van der Waals surface area contributed by atoms with E-state index in [2.05, 4.69) is 24.4 Å². The number of H-pyrrole nitrogens is 1. The number of carbonyl (C=O) groups is 2. The van der Waals surface area contributed by atoms with Crippen LogP contribution in [0.1, 0.15) is 11.3 Å². The zero-order valence-corrected chi connectivity index (χ0v) is 18.1. The van der Waals surface area contributed by atoms with Gasteiger partial charge >= 0.3 is 17.6 Å². The van der Waals surface area contributed by atoms with Gasteiger partial charge in [0.05, 0.1) is 25.7 Å².